The van der Waals surface area contributed by atoms with Crippen LogP contribution in [0.5, 0.6) is 0 Å². The minimum absolute atomic E-state index is 0.449. The van der Waals surface area contributed by atoms with Crippen LogP contribution in [-0.2, 0) is 9.92 Å². The molecule has 1 heterocycles. The molecule has 1 rings (SSSR count). The van der Waals surface area contributed by atoms with Crippen LogP contribution < -0.4 is 5.14 Å². The zero-order valence-corrected chi connectivity index (χ0v) is 7.09. The van der Waals surface area contributed by atoms with Crippen LogP contribution in [0.4, 0.5) is 0 Å². The summed E-state index contributed by atoms with van der Waals surface area (Å²) in [7, 11) is -2.96. The number of rotatable bonds is 1. The zero-order valence-electron chi connectivity index (χ0n) is 5.46. The predicted octanol–water partition coefficient (Wildman–Crippen LogP) is 1.34. The van der Waals surface area contributed by atoms with Crippen LogP contribution in [0.25, 0.3) is 0 Å². The molecule has 3 N–H and O–H groups in total. The smallest absolute Gasteiger partial charge is 0.141 e. The Bertz CT molecular complexity index is 325. The van der Waals surface area contributed by atoms with Gasteiger partial charge in [0.15, 0.2) is 0 Å². The largest absolute Gasteiger partial charge is 0.241 e. The Hall–Kier alpha value is -0.390. The van der Waals surface area contributed by atoms with Crippen molar-refractivity contribution >= 4 is 21.3 Å². The molecule has 1 aromatic rings. The van der Waals surface area contributed by atoms with E-state index in [1.54, 1.807) is 12.1 Å². The molecule has 0 aromatic carbocycles. The minimum atomic E-state index is -2.96. The van der Waals surface area contributed by atoms with Crippen molar-refractivity contribution in [2.24, 2.45) is 5.14 Å². The summed E-state index contributed by atoms with van der Waals surface area (Å²) in [5, 5.41) is 5.07. The fourth-order valence-electron chi connectivity index (χ4n) is 0.575. The lowest BCUT2D eigenvalue weighted by atomic mass is 10.5. The maximum absolute atomic E-state index is 10.9. The molecule has 0 aliphatic rings. The van der Waals surface area contributed by atoms with Gasteiger partial charge in [-0.3, -0.25) is 0 Å². The lowest BCUT2D eigenvalue weighted by Gasteiger charge is -1.91. The Morgan fingerprint density at radius 3 is 2.50 bits per heavy atom. The van der Waals surface area contributed by atoms with Gasteiger partial charge in [-0.1, -0.05) is 0 Å². The van der Waals surface area contributed by atoms with Gasteiger partial charge in [0.05, 0.1) is 0 Å². The van der Waals surface area contributed by atoms with E-state index >= 15 is 0 Å². The van der Waals surface area contributed by atoms with Crippen LogP contribution in [0, 0.1) is 11.7 Å². The average molecular weight is 176 g/mol. The van der Waals surface area contributed by atoms with Crippen LogP contribution in [0.2, 0.25) is 0 Å². The monoisotopic (exact) mass is 176 g/mol. The van der Waals surface area contributed by atoms with Gasteiger partial charge < -0.3 is 0 Å². The number of nitrogens with two attached hydrogens (primary N) is 1. The van der Waals surface area contributed by atoms with Crippen LogP contribution >= 0.6 is 11.3 Å². The summed E-state index contributed by atoms with van der Waals surface area (Å²) in [6, 6.07) is 3.44. The summed E-state index contributed by atoms with van der Waals surface area (Å²) in [6.45, 7) is 1.89. The van der Waals surface area contributed by atoms with Crippen molar-refractivity contribution in [3.63, 3.8) is 0 Å². The molecule has 5 heteroatoms. The first-order chi connectivity index (χ1) is 4.50. The van der Waals surface area contributed by atoms with Crippen LogP contribution in [0.15, 0.2) is 16.3 Å². The van der Waals surface area contributed by atoms with Crippen molar-refractivity contribution in [1.82, 2.24) is 0 Å². The Kier molecular flexibility index (Phi) is 1.80. The molecule has 1 atom stereocenters. The van der Waals surface area contributed by atoms with Crippen LogP contribution in [0.1, 0.15) is 4.88 Å². The van der Waals surface area contributed by atoms with Gasteiger partial charge in [0.1, 0.15) is 14.1 Å². The van der Waals surface area contributed by atoms with Crippen LogP contribution in [0.3, 0.4) is 0 Å². The number of nitrogens with one attached hydrogen (secondary N) is 1. The molecule has 0 radical (unpaired) electrons. The Balaban J connectivity index is 3.21. The van der Waals surface area contributed by atoms with E-state index in [0.29, 0.717) is 4.21 Å². The van der Waals surface area contributed by atoms with E-state index in [-0.39, 0.29) is 0 Å². The first-order valence-corrected chi connectivity index (χ1v) is 5.07. The summed E-state index contributed by atoms with van der Waals surface area (Å²) in [4.78, 5) is 1.03. The molecule has 3 nitrogen and oxygen atoms in total. The first kappa shape index (κ1) is 7.71. The van der Waals surface area contributed by atoms with Gasteiger partial charge in [0, 0.05) is 4.88 Å². The van der Waals surface area contributed by atoms with Crippen molar-refractivity contribution in [3.8, 4) is 0 Å². The van der Waals surface area contributed by atoms with E-state index in [1.807, 2.05) is 6.92 Å². The van der Waals surface area contributed by atoms with Crippen LogP contribution in [-0.4, -0.2) is 4.21 Å². The summed E-state index contributed by atoms with van der Waals surface area (Å²) < 4.78 is 18.3. The van der Waals surface area contributed by atoms with Gasteiger partial charge in [-0.05, 0) is 19.1 Å². The lowest BCUT2D eigenvalue weighted by Crippen LogP contribution is -2.07. The third kappa shape index (κ3) is 1.56. The fraction of sp³-hybridized carbons (Fsp3) is 0.200. The predicted molar refractivity (Wildman–Crippen MR) is 42.4 cm³/mol. The molecule has 0 fully saturated rings. The Labute approximate surface area is 64.0 Å². The Morgan fingerprint density at radius 1 is 1.70 bits per heavy atom. The number of hydrogen-bond acceptors (Lipinski definition) is 3. The van der Waals surface area contributed by atoms with E-state index in [2.05, 4.69) is 0 Å². The molecule has 10 heavy (non-hydrogen) atoms. The molecule has 1 unspecified atom stereocenters. The van der Waals surface area contributed by atoms with Gasteiger partial charge in [0.25, 0.3) is 0 Å². The van der Waals surface area contributed by atoms with E-state index in [4.69, 9.17) is 9.92 Å². The third-order valence-electron chi connectivity index (χ3n) is 1.01. The normalized spacial score (nSPS) is 16.6. The van der Waals surface area contributed by atoms with Crippen molar-refractivity contribution in [3.05, 3.63) is 17.0 Å². The minimum Gasteiger partial charge on any atom is -0.241 e. The highest BCUT2D eigenvalue weighted by Gasteiger charge is 2.04. The van der Waals surface area contributed by atoms with E-state index in [0.717, 1.165) is 4.88 Å². The molecule has 1 aromatic heterocycles. The van der Waals surface area contributed by atoms with Crippen molar-refractivity contribution < 1.29 is 4.21 Å². The average Bonchev–Trinajstić information content (AvgIpc) is 2.11. The molecule has 0 spiro atoms. The molecule has 0 bridgehead atoms. The summed E-state index contributed by atoms with van der Waals surface area (Å²) >= 11 is 1.31. The number of hydrogen-bond donors (Lipinski definition) is 2. The topological polar surface area (TPSA) is 66.9 Å². The van der Waals surface area contributed by atoms with E-state index in [1.165, 1.54) is 11.3 Å². The van der Waals surface area contributed by atoms with Gasteiger partial charge >= 0.3 is 0 Å². The maximum atomic E-state index is 10.9. The molecule has 0 aliphatic heterocycles. The second-order valence-electron chi connectivity index (χ2n) is 1.97. The zero-order chi connectivity index (χ0) is 7.78. The van der Waals surface area contributed by atoms with E-state index in [9.17, 15) is 4.21 Å². The van der Waals surface area contributed by atoms with Gasteiger partial charge in [0.2, 0.25) is 0 Å². The van der Waals surface area contributed by atoms with E-state index < -0.39 is 9.92 Å². The van der Waals surface area contributed by atoms with Gasteiger partial charge in [-0.2, -0.15) is 0 Å². The second-order valence-corrected chi connectivity index (χ2v) is 5.15. The third-order valence-corrected chi connectivity index (χ3v) is 3.54. The van der Waals surface area contributed by atoms with Gasteiger partial charge in [-0.15, -0.1) is 11.3 Å². The maximum Gasteiger partial charge on any atom is 0.141 e. The summed E-state index contributed by atoms with van der Waals surface area (Å²) in [6.07, 6.45) is 0. The second kappa shape index (κ2) is 2.34. The number of thiophene rings is 1. The SMILES string of the molecule is Cc1ccc(S(=N)(N)=O)s1. The number of aryl methyl sites for hydroxylation is 1. The standard InChI is InChI=1S/C5H8N2OS2/c1-4-2-3-5(9-4)10(6,7)8/h2-3H,1H3,(H3,6,7,8). The van der Waals surface area contributed by atoms with Crippen molar-refractivity contribution in [2.75, 3.05) is 0 Å². The quantitative estimate of drug-likeness (QED) is 0.666. The highest BCUT2D eigenvalue weighted by Crippen LogP contribution is 2.18. The highest BCUT2D eigenvalue weighted by molar-refractivity contribution is 7.92. The molecule has 0 amide bonds. The molecular weight excluding hydrogens is 168 g/mol. The molecular formula is C5H8N2OS2. The fourth-order valence-corrected chi connectivity index (χ4v) is 2.32. The molecule has 0 aliphatic carbocycles. The lowest BCUT2D eigenvalue weighted by molar-refractivity contribution is 0.677. The summed E-state index contributed by atoms with van der Waals surface area (Å²) in [5.74, 6) is 0. The molecule has 0 saturated heterocycles. The van der Waals surface area contributed by atoms with Crippen molar-refractivity contribution in [1.29, 1.82) is 4.78 Å². The Morgan fingerprint density at radius 2 is 2.30 bits per heavy atom. The summed E-state index contributed by atoms with van der Waals surface area (Å²) in [5.41, 5.74) is 0. The first-order valence-electron chi connectivity index (χ1n) is 2.63. The molecule has 56 valence electrons. The molecule has 0 saturated carbocycles. The van der Waals surface area contributed by atoms with Crippen molar-refractivity contribution in [2.45, 2.75) is 11.1 Å². The van der Waals surface area contributed by atoms with Gasteiger partial charge in [-0.25, -0.2) is 14.1 Å². The highest BCUT2D eigenvalue weighted by atomic mass is 32.2.